The van der Waals surface area contributed by atoms with Crippen LogP contribution in [0, 0.1) is 0 Å². The number of hydrogen-bond donors (Lipinski definition) is 1. The molecule has 0 heterocycles. The van der Waals surface area contributed by atoms with Gasteiger partial charge in [-0.2, -0.15) is 0 Å². The van der Waals surface area contributed by atoms with Crippen LogP contribution >= 0.6 is 0 Å². The Bertz CT molecular complexity index is 180. The first kappa shape index (κ1) is 12.1. The van der Waals surface area contributed by atoms with Gasteiger partial charge >= 0.3 is 5.97 Å². The average molecular weight is 187 g/mol. The van der Waals surface area contributed by atoms with Crippen molar-refractivity contribution in [2.24, 2.45) is 5.73 Å². The Morgan fingerprint density at radius 1 is 1.38 bits per heavy atom. The predicted octanol–water partition coefficient (Wildman–Crippen LogP) is 0.636. The van der Waals surface area contributed by atoms with E-state index in [2.05, 4.69) is 4.74 Å². The molecule has 0 aliphatic rings. The number of esters is 1. The highest BCUT2D eigenvalue weighted by Crippen LogP contribution is 2.03. The van der Waals surface area contributed by atoms with Crippen LogP contribution < -0.4 is 5.73 Å². The number of Topliss-reactive ketones (excluding diaryl/α,β-unsaturated/α-hetero) is 1. The molecule has 0 saturated carbocycles. The van der Waals surface area contributed by atoms with Gasteiger partial charge in [0.1, 0.15) is 11.8 Å². The molecule has 4 heteroatoms. The predicted molar refractivity (Wildman–Crippen MR) is 49.1 cm³/mol. The Hall–Kier alpha value is -0.900. The zero-order chi connectivity index (χ0) is 10.3. The van der Waals surface area contributed by atoms with Crippen LogP contribution in [-0.2, 0) is 14.3 Å². The molecule has 1 unspecified atom stereocenters. The van der Waals surface area contributed by atoms with Gasteiger partial charge in [0.05, 0.1) is 7.11 Å². The molecule has 0 aliphatic heterocycles. The SMILES string of the molecule is COC(=O)C(N)CCCCC(C)=O. The minimum atomic E-state index is -0.544. The summed E-state index contributed by atoms with van der Waals surface area (Å²) in [6, 6.07) is -0.544. The molecule has 0 rings (SSSR count). The minimum absolute atomic E-state index is 0.173. The first-order chi connectivity index (χ1) is 6.07. The fourth-order valence-corrected chi connectivity index (χ4v) is 1.01. The standard InChI is InChI=1S/C9H17NO3/c1-7(11)5-3-4-6-8(10)9(12)13-2/h8H,3-6,10H2,1-2H3. The van der Waals surface area contributed by atoms with Gasteiger partial charge in [-0.1, -0.05) is 6.42 Å². The summed E-state index contributed by atoms with van der Waals surface area (Å²) in [5.74, 6) is -0.213. The van der Waals surface area contributed by atoms with Crippen molar-refractivity contribution in [1.29, 1.82) is 0 Å². The van der Waals surface area contributed by atoms with Crippen molar-refractivity contribution in [2.45, 2.75) is 38.6 Å². The summed E-state index contributed by atoms with van der Waals surface area (Å²) in [4.78, 5) is 21.4. The van der Waals surface area contributed by atoms with Crippen LogP contribution in [0.3, 0.4) is 0 Å². The number of hydrogen-bond acceptors (Lipinski definition) is 4. The number of methoxy groups -OCH3 is 1. The Balaban J connectivity index is 3.42. The largest absolute Gasteiger partial charge is 0.468 e. The third kappa shape index (κ3) is 6.28. The Morgan fingerprint density at radius 2 is 2.00 bits per heavy atom. The van der Waals surface area contributed by atoms with Crippen LogP contribution in [0.5, 0.6) is 0 Å². The van der Waals surface area contributed by atoms with E-state index in [4.69, 9.17) is 5.73 Å². The molecule has 0 amide bonds. The van der Waals surface area contributed by atoms with Crippen molar-refractivity contribution < 1.29 is 14.3 Å². The van der Waals surface area contributed by atoms with E-state index in [-0.39, 0.29) is 11.8 Å². The normalized spacial score (nSPS) is 12.2. The number of rotatable bonds is 6. The number of carbonyl (C=O) groups is 2. The molecular formula is C9H17NO3. The molecule has 1 atom stereocenters. The monoisotopic (exact) mass is 187 g/mol. The van der Waals surface area contributed by atoms with E-state index < -0.39 is 6.04 Å². The second-order valence-electron chi connectivity index (χ2n) is 3.08. The van der Waals surface area contributed by atoms with Gasteiger partial charge in [-0.05, 0) is 19.8 Å². The fourth-order valence-electron chi connectivity index (χ4n) is 1.01. The number of ketones is 1. The van der Waals surface area contributed by atoms with Crippen molar-refractivity contribution in [1.82, 2.24) is 0 Å². The number of nitrogens with two attached hydrogens (primary N) is 1. The summed E-state index contributed by atoms with van der Waals surface area (Å²) in [6.45, 7) is 1.56. The van der Waals surface area contributed by atoms with Crippen LogP contribution in [0.1, 0.15) is 32.6 Å². The summed E-state index contributed by atoms with van der Waals surface area (Å²) < 4.78 is 4.46. The van der Waals surface area contributed by atoms with Gasteiger partial charge < -0.3 is 15.3 Å². The summed E-state index contributed by atoms with van der Waals surface area (Å²) in [5.41, 5.74) is 5.49. The molecule has 0 aromatic rings. The molecule has 2 N–H and O–H groups in total. The number of unbranched alkanes of at least 4 members (excludes halogenated alkanes) is 1. The van der Waals surface area contributed by atoms with Crippen LogP contribution in [0.15, 0.2) is 0 Å². The van der Waals surface area contributed by atoms with Crippen molar-refractivity contribution in [2.75, 3.05) is 7.11 Å². The van der Waals surface area contributed by atoms with Crippen LogP contribution in [0.4, 0.5) is 0 Å². The lowest BCUT2D eigenvalue weighted by atomic mass is 10.1. The topological polar surface area (TPSA) is 69.4 Å². The highest BCUT2D eigenvalue weighted by molar-refractivity contribution is 5.75. The lowest BCUT2D eigenvalue weighted by molar-refractivity contribution is -0.142. The number of ether oxygens (including phenoxy) is 1. The summed E-state index contributed by atoms with van der Waals surface area (Å²) >= 11 is 0. The highest BCUT2D eigenvalue weighted by atomic mass is 16.5. The van der Waals surface area contributed by atoms with E-state index in [1.807, 2.05) is 0 Å². The molecule has 0 aromatic heterocycles. The molecule has 0 fully saturated rings. The Morgan fingerprint density at radius 3 is 2.46 bits per heavy atom. The van der Waals surface area contributed by atoms with E-state index in [1.54, 1.807) is 6.92 Å². The molecule has 13 heavy (non-hydrogen) atoms. The smallest absolute Gasteiger partial charge is 0.322 e. The first-order valence-corrected chi connectivity index (χ1v) is 4.40. The molecule has 0 aliphatic carbocycles. The molecular weight excluding hydrogens is 170 g/mol. The zero-order valence-corrected chi connectivity index (χ0v) is 8.21. The van der Waals surface area contributed by atoms with Gasteiger partial charge in [0.15, 0.2) is 0 Å². The van der Waals surface area contributed by atoms with Crippen LogP contribution in [-0.4, -0.2) is 24.9 Å². The van der Waals surface area contributed by atoms with E-state index >= 15 is 0 Å². The van der Waals surface area contributed by atoms with Gasteiger partial charge in [-0.25, -0.2) is 0 Å². The minimum Gasteiger partial charge on any atom is -0.468 e. The molecule has 0 spiro atoms. The maximum Gasteiger partial charge on any atom is 0.322 e. The van der Waals surface area contributed by atoms with Crippen molar-refractivity contribution >= 4 is 11.8 Å². The van der Waals surface area contributed by atoms with Crippen molar-refractivity contribution in [3.8, 4) is 0 Å². The zero-order valence-electron chi connectivity index (χ0n) is 8.21. The second kappa shape index (κ2) is 6.60. The fraction of sp³-hybridized carbons (Fsp3) is 0.778. The summed E-state index contributed by atoms with van der Waals surface area (Å²) in [6.07, 6.45) is 2.73. The lowest BCUT2D eigenvalue weighted by Gasteiger charge is -2.07. The van der Waals surface area contributed by atoms with Gasteiger partial charge in [0.2, 0.25) is 0 Å². The molecule has 0 aromatic carbocycles. The Kier molecular flexibility index (Phi) is 6.14. The van der Waals surface area contributed by atoms with Gasteiger partial charge in [0.25, 0.3) is 0 Å². The lowest BCUT2D eigenvalue weighted by Crippen LogP contribution is -2.31. The first-order valence-electron chi connectivity index (χ1n) is 4.40. The molecule has 4 nitrogen and oxygen atoms in total. The third-order valence-electron chi connectivity index (χ3n) is 1.80. The van der Waals surface area contributed by atoms with E-state index in [0.717, 1.165) is 12.8 Å². The molecule has 0 radical (unpaired) electrons. The second-order valence-corrected chi connectivity index (χ2v) is 3.08. The summed E-state index contributed by atoms with van der Waals surface area (Å²) in [7, 11) is 1.32. The molecule has 0 bridgehead atoms. The van der Waals surface area contributed by atoms with E-state index in [9.17, 15) is 9.59 Å². The van der Waals surface area contributed by atoms with Gasteiger partial charge in [0, 0.05) is 6.42 Å². The molecule has 0 saturated heterocycles. The third-order valence-corrected chi connectivity index (χ3v) is 1.80. The maximum absolute atomic E-state index is 10.8. The quantitative estimate of drug-likeness (QED) is 0.489. The number of carbonyl (C=O) groups excluding carboxylic acids is 2. The van der Waals surface area contributed by atoms with Gasteiger partial charge in [-0.3, -0.25) is 4.79 Å². The van der Waals surface area contributed by atoms with E-state index in [1.165, 1.54) is 7.11 Å². The Labute approximate surface area is 78.4 Å². The van der Waals surface area contributed by atoms with Gasteiger partial charge in [-0.15, -0.1) is 0 Å². The van der Waals surface area contributed by atoms with Crippen molar-refractivity contribution in [3.05, 3.63) is 0 Å². The van der Waals surface area contributed by atoms with E-state index in [0.29, 0.717) is 12.8 Å². The van der Waals surface area contributed by atoms with Crippen molar-refractivity contribution in [3.63, 3.8) is 0 Å². The average Bonchev–Trinajstić information content (AvgIpc) is 2.10. The maximum atomic E-state index is 10.8. The summed E-state index contributed by atoms with van der Waals surface area (Å²) in [5, 5.41) is 0. The van der Waals surface area contributed by atoms with Crippen LogP contribution in [0.2, 0.25) is 0 Å². The van der Waals surface area contributed by atoms with Crippen LogP contribution in [0.25, 0.3) is 0 Å². The highest BCUT2D eigenvalue weighted by Gasteiger charge is 2.12. The molecule has 76 valence electrons.